The normalized spacial score (nSPS) is 11.1. The molecule has 0 aliphatic heterocycles. The van der Waals surface area contributed by atoms with Gasteiger partial charge in [-0.05, 0) is 31.6 Å². The van der Waals surface area contributed by atoms with E-state index < -0.39 is 0 Å². The summed E-state index contributed by atoms with van der Waals surface area (Å²) in [5, 5.41) is 6.70. The predicted molar refractivity (Wildman–Crippen MR) is 58.2 cm³/mol. The van der Waals surface area contributed by atoms with Crippen LogP contribution in [0.25, 0.3) is 0 Å². The van der Waals surface area contributed by atoms with Crippen LogP contribution in [0.15, 0.2) is 22.8 Å². The molecule has 0 unspecified atom stereocenters. The summed E-state index contributed by atoms with van der Waals surface area (Å²) in [5.41, 5.74) is 0. The SMILES string of the molecule is CC(C)NCCCNCc1ccco1. The van der Waals surface area contributed by atoms with E-state index in [1.807, 2.05) is 12.1 Å². The standard InChI is InChI=1S/C11H20N2O/c1-10(2)13-7-4-6-12-9-11-5-3-8-14-11/h3,5,8,10,12-13H,4,6-7,9H2,1-2H3. The van der Waals surface area contributed by atoms with Crippen LogP contribution in [-0.4, -0.2) is 19.1 Å². The van der Waals surface area contributed by atoms with Crippen molar-refractivity contribution < 1.29 is 4.42 Å². The molecule has 0 aromatic carbocycles. The Morgan fingerprint density at radius 3 is 2.86 bits per heavy atom. The summed E-state index contributed by atoms with van der Waals surface area (Å²) >= 11 is 0. The van der Waals surface area contributed by atoms with Crippen LogP contribution < -0.4 is 10.6 Å². The molecule has 1 rings (SSSR count). The summed E-state index contributed by atoms with van der Waals surface area (Å²) in [6.45, 7) is 7.25. The van der Waals surface area contributed by atoms with Gasteiger partial charge in [0, 0.05) is 6.04 Å². The van der Waals surface area contributed by atoms with Crippen molar-refractivity contribution in [1.82, 2.24) is 10.6 Å². The van der Waals surface area contributed by atoms with Crippen molar-refractivity contribution in [3.05, 3.63) is 24.2 Å². The minimum atomic E-state index is 0.583. The predicted octanol–water partition coefficient (Wildman–Crippen LogP) is 1.76. The van der Waals surface area contributed by atoms with Crippen LogP contribution >= 0.6 is 0 Å². The molecule has 80 valence electrons. The van der Waals surface area contributed by atoms with Crippen molar-refractivity contribution >= 4 is 0 Å². The van der Waals surface area contributed by atoms with E-state index in [2.05, 4.69) is 24.5 Å². The summed E-state index contributed by atoms with van der Waals surface area (Å²) in [5.74, 6) is 1.00. The molecule has 3 nitrogen and oxygen atoms in total. The molecule has 0 saturated carbocycles. The largest absolute Gasteiger partial charge is 0.468 e. The van der Waals surface area contributed by atoms with Gasteiger partial charge in [-0.3, -0.25) is 0 Å². The Kier molecular flexibility index (Phi) is 5.33. The molecule has 0 fully saturated rings. The number of hydrogen-bond donors (Lipinski definition) is 2. The van der Waals surface area contributed by atoms with E-state index in [1.165, 1.54) is 0 Å². The maximum Gasteiger partial charge on any atom is 0.117 e. The van der Waals surface area contributed by atoms with Crippen LogP contribution in [0.2, 0.25) is 0 Å². The van der Waals surface area contributed by atoms with E-state index in [9.17, 15) is 0 Å². The molecule has 2 N–H and O–H groups in total. The lowest BCUT2D eigenvalue weighted by Gasteiger charge is -2.07. The van der Waals surface area contributed by atoms with Crippen molar-refractivity contribution in [3.63, 3.8) is 0 Å². The highest BCUT2D eigenvalue weighted by Gasteiger charge is 1.94. The second-order valence-corrected chi connectivity index (χ2v) is 3.72. The van der Waals surface area contributed by atoms with Gasteiger partial charge in [-0.2, -0.15) is 0 Å². The zero-order valence-corrected chi connectivity index (χ0v) is 9.05. The Balaban J connectivity index is 1.90. The Bertz CT molecular complexity index is 219. The fourth-order valence-corrected chi connectivity index (χ4v) is 1.23. The average molecular weight is 196 g/mol. The molecule has 0 aliphatic carbocycles. The van der Waals surface area contributed by atoms with E-state index in [4.69, 9.17) is 4.42 Å². The molecule has 1 heterocycles. The smallest absolute Gasteiger partial charge is 0.117 e. The Hall–Kier alpha value is -0.800. The second kappa shape index (κ2) is 6.62. The van der Waals surface area contributed by atoms with Crippen LogP contribution in [0.1, 0.15) is 26.0 Å². The summed E-state index contributed by atoms with van der Waals surface area (Å²) in [4.78, 5) is 0. The van der Waals surface area contributed by atoms with Crippen LogP contribution in [0, 0.1) is 0 Å². The van der Waals surface area contributed by atoms with Gasteiger partial charge in [-0.25, -0.2) is 0 Å². The van der Waals surface area contributed by atoms with Crippen molar-refractivity contribution in [1.29, 1.82) is 0 Å². The minimum Gasteiger partial charge on any atom is -0.468 e. The van der Waals surface area contributed by atoms with Crippen molar-refractivity contribution in [2.45, 2.75) is 32.9 Å². The third-order valence-electron chi connectivity index (χ3n) is 1.96. The van der Waals surface area contributed by atoms with E-state index in [0.717, 1.165) is 31.8 Å². The number of hydrogen-bond acceptors (Lipinski definition) is 3. The first-order valence-corrected chi connectivity index (χ1v) is 5.25. The third kappa shape index (κ3) is 5.04. The first kappa shape index (κ1) is 11.3. The minimum absolute atomic E-state index is 0.583. The first-order valence-electron chi connectivity index (χ1n) is 5.25. The second-order valence-electron chi connectivity index (χ2n) is 3.72. The highest BCUT2D eigenvalue weighted by atomic mass is 16.3. The summed E-state index contributed by atoms with van der Waals surface area (Å²) < 4.78 is 5.20. The zero-order valence-electron chi connectivity index (χ0n) is 9.05. The molecule has 0 spiro atoms. The van der Waals surface area contributed by atoms with Crippen LogP contribution in [0.4, 0.5) is 0 Å². The van der Waals surface area contributed by atoms with Crippen molar-refractivity contribution in [2.24, 2.45) is 0 Å². The third-order valence-corrected chi connectivity index (χ3v) is 1.96. The van der Waals surface area contributed by atoms with Crippen molar-refractivity contribution in [3.8, 4) is 0 Å². The molecule has 0 saturated heterocycles. The highest BCUT2D eigenvalue weighted by molar-refractivity contribution is 4.97. The van der Waals surface area contributed by atoms with Gasteiger partial charge in [0.25, 0.3) is 0 Å². The van der Waals surface area contributed by atoms with Gasteiger partial charge in [0.2, 0.25) is 0 Å². The lowest BCUT2D eigenvalue weighted by atomic mass is 10.3. The maximum absolute atomic E-state index is 5.20. The van der Waals surface area contributed by atoms with Gasteiger partial charge >= 0.3 is 0 Å². The maximum atomic E-state index is 5.20. The fourth-order valence-electron chi connectivity index (χ4n) is 1.23. The van der Waals surface area contributed by atoms with Crippen LogP contribution in [0.5, 0.6) is 0 Å². The highest BCUT2D eigenvalue weighted by Crippen LogP contribution is 1.97. The topological polar surface area (TPSA) is 37.2 Å². The van der Waals surface area contributed by atoms with E-state index in [0.29, 0.717) is 6.04 Å². The van der Waals surface area contributed by atoms with Gasteiger partial charge in [-0.15, -0.1) is 0 Å². The first-order chi connectivity index (χ1) is 6.79. The van der Waals surface area contributed by atoms with E-state index >= 15 is 0 Å². The lowest BCUT2D eigenvalue weighted by Crippen LogP contribution is -2.26. The molecular weight excluding hydrogens is 176 g/mol. The monoisotopic (exact) mass is 196 g/mol. The Morgan fingerprint density at radius 1 is 1.36 bits per heavy atom. The molecule has 0 aliphatic rings. The molecule has 1 aromatic heterocycles. The molecule has 1 aromatic rings. The molecule has 3 heteroatoms. The molecule has 0 amide bonds. The number of furan rings is 1. The molecule has 0 atom stereocenters. The van der Waals surface area contributed by atoms with Gasteiger partial charge in [0.1, 0.15) is 5.76 Å². The van der Waals surface area contributed by atoms with Gasteiger partial charge in [0.05, 0.1) is 12.8 Å². The number of rotatable bonds is 7. The Morgan fingerprint density at radius 2 is 2.21 bits per heavy atom. The summed E-state index contributed by atoms with van der Waals surface area (Å²) in [6, 6.07) is 4.48. The van der Waals surface area contributed by atoms with Gasteiger partial charge < -0.3 is 15.1 Å². The van der Waals surface area contributed by atoms with Gasteiger partial charge in [-0.1, -0.05) is 13.8 Å². The molecular formula is C11H20N2O. The van der Waals surface area contributed by atoms with E-state index in [-0.39, 0.29) is 0 Å². The number of nitrogens with one attached hydrogen (secondary N) is 2. The average Bonchev–Trinajstić information content (AvgIpc) is 2.63. The zero-order chi connectivity index (χ0) is 10.2. The fraction of sp³-hybridized carbons (Fsp3) is 0.636. The Labute approximate surface area is 85.9 Å². The molecule has 0 radical (unpaired) electrons. The van der Waals surface area contributed by atoms with Crippen LogP contribution in [0.3, 0.4) is 0 Å². The molecule has 14 heavy (non-hydrogen) atoms. The van der Waals surface area contributed by atoms with Crippen LogP contribution in [-0.2, 0) is 6.54 Å². The quantitative estimate of drug-likeness (QED) is 0.652. The summed E-state index contributed by atoms with van der Waals surface area (Å²) in [6.07, 6.45) is 2.86. The molecule has 0 bridgehead atoms. The lowest BCUT2D eigenvalue weighted by molar-refractivity contribution is 0.475. The van der Waals surface area contributed by atoms with E-state index in [1.54, 1.807) is 6.26 Å². The van der Waals surface area contributed by atoms with Crippen molar-refractivity contribution in [2.75, 3.05) is 13.1 Å². The van der Waals surface area contributed by atoms with Gasteiger partial charge in [0.15, 0.2) is 0 Å². The summed E-state index contributed by atoms with van der Waals surface area (Å²) in [7, 11) is 0.